The van der Waals surface area contributed by atoms with Crippen molar-refractivity contribution in [2.75, 3.05) is 6.54 Å². The first kappa shape index (κ1) is 13.5. The van der Waals surface area contributed by atoms with E-state index in [1.165, 1.54) is 0 Å². The molecule has 20 heavy (non-hydrogen) atoms. The molecule has 2 aliphatic rings. The molecule has 2 fully saturated rings. The van der Waals surface area contributed by atoms with E-state index in [9.17, 15) is 9.90 Å². The van der Waals surface area contributed by atoms with Gasteiger partial charge in [0.05, 0.1) is 6.10 Å². The minimum Gasteiger partial charge on any atom is -0.393 e. The normalized spacial score (nSPS) is 30.7. The van der Waals surface area contributed by atoms with Gasteiger partial charge >= 0.3 is 0 Å². The Hall–Kier alpha value is -1.43. The molecule has 1 aromatic heterocycles. The molecule has 1 N–H and O–H groups in total. The Morgan fingerprint density at radius 1 is 1.30 bits per heavy atom. The molecule has 0 spiro atoms. The van der Waals surface area contributed by atoms with Gasteiger partial charge in [0.2, 0.25) is 5.89 Å². The Bertz CT molecular complexity index is 488. The van der Waals surface area contributed by atoms with Gasteiger partial charge < -0.3 is 14.5 Å². The van der Waals surface area contributed by atoms with Gasteiger partial charge in [0, 0.05) is 25.4 Å². The van der Waals surface area contributed by atoms with E-state index < -0.39 is 0 Å². The Morgan fingerprint density at radius 2 is 2.10 bits per heavy atom. The van der Waals surface area contributed by atoms with Gasteiger partial charge in [-0.2, -0.15) is 4.98 Å². The van der Waals surface area contributed by atoms with Crippen molar-refractivity contribution in [3.05, 3.63) is 11.7 Å². The van der Waals surface area contributed by atoms with Crippen LogP contribution in [0.5, 0.6) is 0 Å². The Kier molecular flexibility index (Phi) is 3.74. The van der Waals surface area contributed by atoms with Crippen LogP contribution in [0, 0.1) is 12.8 Å². The molecule has 0 aromatic carbocycles. The lowest BCUT2D eigenvalue weighted by Crippen LogP contribution is -2.45. The summed E-state index contributed by atoms with van der Waals surface area (Å²) in [6.07, 6.45) is 5.74. The number of aromatic nitrogens is 2. The number of nitrogens with zero attached hydrogens (tertiary/aromatic N) is 3. The standard InChI is InChI=1S/C14H21N3O3/c1-9-15-13(16-20-9)14(19)17-8-4-6-11(17)10-5-2-3-7-12(10)18/h10-12,18H,2-8H2,1H3/t10-,11-,12+/m1/s1. The van der Waals surface area contributed by atoms with E-state index in [0.717, 1.165) is 45.1 Å². The van der Waals surface area contributed by atoms with Crippen LogP contribution in [0.25, 0.3) is 0 Å². The Labute approximate surface area is 118 Å². The number of aryl methyl sites for hydroxylation is 1. The molecule has 6 nitrogen and oxygen atoms in total. The van der Waals surface area contributed by atoms with Crippen LogP contribution in [0.3, 0.4) is 0 Å². The predicted octanol–water partition coefficient (Wildman–Crippen LogP) is 1.53. The monoisotopic (exact) mass is 279 g/mol. The highest BCUT2D eigenvalue weighted by Crippen LogP contribution is 2.35. The van der Waals surface area contributed by atoms with Gasteiger partial charge in [-0.3, -0.25) is 4.79 Å². The molecule has 1 saturated heterocycles. The van der Waals surface area contributed by atoms with Crippen LogP contribution in [0.4, 0.5) is 0 Å². The summed E-state index contributed by atoms with van der Waals surface area (Å²) in [5.41, 5.74) is 0. The van der Waals surface area contributed by atoms with Crippen molar-refractivity contribution in [1.29, 1.82) is 0 Å². The summed E-state index contributed by atoms with van der Waals surface area (Å²) in [5, 5.41) is 13.9. The van der Waals surface area contributed by atoms with Crippen molar-refractivity contribution in [2.45, 2.75) is 57.6 Å². The third-order valence-electron chi connectivity index (χ3n) is 4.55. The summed E-state index contributed by atoms with van der Waals surface area (Å²) in [7, 11) is 0. The maximum atomic E-state index is 12.5. The van der Waals surface area contributed by atoms with E-state index in [0.29, 0.717) is 5.89 Å². The number of carbonyl (C=O) groups excluding carboxylic acids is 1. The van der Waals surface area contributed by atoms with Gasteiger partial charge in [0.1, 0.15) is 0 Å². The van der Waals surface area contributed by atoms with Crippen molar-refractivity contribution >= 4 is 5.91 Å². The number of amides is 1. The second kappa shape index (κ2) is 5.52. The van der Waals surface area contributed by atoms with Crippen LogP contribution in [-0.4, -0.2) is 44.7 Å². The summed E-state index contributed by atoms with van der Waals surface area (Å²) >= 11 is 0. The molecule has 0 bridgehead atoms. The summed E-state index contributed by atoms with van der Waals surface area (Å²) in [5.74, 6) is 0.576. The second-order valence-electron chi connectivity index (χ2n) is 5.86. The van der Waals surface area contributed by atoms with E-state index in [1.54, 1.807) is 6.92 Å². The molecular formula is C14H21N3O3. The zero-order valence-electron chi connectivity index (χ0n) is 11.8. The molecule has 1 amide bonds. The van der Waals surface area contributed by atoms with E-state index in [4.69, 9.17) is 4.52 Å². The number of hydrogen-bond donors (Lipinski definition) is 1. The molecule has 110 valence electrons. The minimum absolute atomic E-state index is 0.122. The van der Waals surface area contributed by atoms with Gasteiger partial charge in [-0.05, 0) is 25.7 Å². The average Bonchev–Trinajstić information content (AvgIpc) is 3.07. The van der Waals surface area contributed by atoms with E-state index in [2.05, 4.69) is 10.1 Å². The van der Waals surface area contributed by atoms with E-state index in [1.807, 2.05) is 4.90 Å². The lowest BCUT2D eigenvalue weighted by atomic mass is 9.80. The number of rotatable bonds is 2. The highest BCUT2D eigenvalue weighted by atomic mass is 16.5. The summed E-state index contributed by atoms with van der Waals surface area (Å²) in [6.45, 7) is 2.40. The highest BCUT2D eigenvalue weighted by molar-refractivity contribution is 5.90. The van der Waals surface area contributed by atoms with E-state index in [-0.39, 0.29) is 29.8 Å². The Balaban J connectivity index is 1.76. The molecule has 0 radical (unpaired) electrons. The van der Waals surface area contributed by atoms with Crippen molar-refractivity contribution in [3.8, 4) is 0 Å². The van der Waals surface area contributed by atoms with Crippen molar-refractivity contribution in [1.82, 2.24) is 15.0 Å². The zero-order valence-corrected chi connectivity index (χ0v) is 11.8. The molecule has 3 rings (SSSR count). The highest BCUT2D eigenvalue weighted by Gasteiger charge is 2.40. The zero-order chi connectivity index (χ0) is 14.1. The first-order chi connectivity index (χ1) is 9.66. The molecule has 1 aliphatic carbocycles. The maximum absolute atomic E-state index is 12.5. The van der Waals surface area contributed by atoms with Gasteiger partial charge in [0.25, 0.3) is 11.7 Å². The summed E-state index contributed by atoms with van der Waals surface area (Å²) in [6, 6.07) is 0.122. The quantitative estimate of drug-likeness (QED) is 0.888. The topological polar surface area (TPSA) is 79.5 Å². The molecule has 1 aromatic rings. The van der Waals surface area contributed by atoms with Gasteiger partial charge in [-0.15, -0.1) is 0 Å². The van der Waals surface area contributed by atoms with Gasteiger partial charge in [0.15, 0.2) is 0 Å². The lowest BCUT2D eigenvalue weighted by molar-refractivity contribution is 0.0206. The number of carbonyl (C=O) groups is 1. The van der Waals surface area contributed by atoms with Gasteiger partial charge in [-0.1, -0.05) is 18.0 Å². The smallest absolute Gasteiger partial charge is 0.295 e. The fourth-order valence-electron chi connectivity index (χ4n) is 3.59. The fraction of sp³-hybridized carbons (Fsp3) is 0.786. The predicted molar refractivity (Wildman–Crippen MR) is 71.1 cm³/mol. The number of aliphatic hydroxyl groups is 1. The second-order valence-corrected chi connectivity index (χ2v) is 5.86. The van der Waals surface area contributed by atoms with Crippen LogP contribution < -0.4 is 0 Å². The lowest BCUT2D eigenvalue weighted by Gasteiger charge is -2.36. The molecule has 2 heterocycles. The molecule has 1 saturated carbocycles. The van der Waals surface area contributed by atoms with Gasteiger partial charge in [-0.25, -0.2) is 0 Å². The van der Waals surface area contributed by atoms with E-state index >= 15 is 0 Å². The SMILES string of the molecule is Cc1nc(C(=O)N2CCC[C@@H]2[C@H]2CCCC[C@@H]2O)no1. The maximum Gasteiger partial charge on any atom is 0.295 e. The van der Waals surface area contributed by atoms with Crippen LogP contribution in [-0.2, 0) is 0 Å². The summed E-state index contributed by atoms with van der Waals surface area (Å²) < 4.78 is 4.89. The summed E-state index contributed by atoms with van der Waals surface area (Å²) in [4.78, 5) is 18.3. The van der Waals surface area contributed by atoms with Crippen LogP contribution in [0.2, 0.25) is 0 Å². The van der Waals surface area contributed by atoms with Crippen molar-refractivity contribution < 1.29 is 14.4 Å². The van der Waals surface area contributed by atoms with Crippen LogP contribution in [0.1, 0.15) is 55.0 Å². The third kappa shape index (κ3) is 2.44. The fourth-order valence-corrected chi connectivity index (χ4v) is 3.59. The third-order valence-corrected chi connectivity index (χ3v) is 4.55. The molecule has 1 aliphatic heterocycles. The molecule has 6 heteroatoms. The van der Waals surface area contributed by atoms with Crippen LogP contribution in [0.15, 0.2) is 4.52 Å². The van der Waals surface area contributed by atoms with Crippen molar-refractivity contribution in [3.63, 3.8) is 0 Å². The number of aliphatic hydroxyl groups excluding tert-OH is 1. The largest absolute Gasteiger partial charge is 0.393 e. The minimum atomic E-state index is -0.283. The Morgan fingerprint density at radius 3 is 2.80 bits per heavy atom. The molecule has 3 atom stereocenters. The first-order valence-electron chi connectivity index (χ1n) is 7.46. The van der Waals surface area contributed by atoms with Crippen molar-refractivity contribution in [2.24, 2.45) is 5.92 Å². The van der Waals surface area contributed by atoms with Crippen LogP contribution >= 0.6 is 0 Å². The molecular weight excluding hydrogens is 258 g/mol. The first-order valence-corrected chi connectivity index (χ1v) is 7.46. The average molecular weight is 279 g/mol. The number of hydrogen-bond acceptors (Lipinski definition) is 5. The number of likely N-dealkylation sites (tertiary alicyclic amines) is 1. The molecule has 0 unspecified atom stereocenters.